The van der Waals surface area contributed by atoms with Crippen LogP contribution in [0.1, 0.15) is 103 Å². The monoisotopic (exact) mass is 528 g/mol. The molecule has 0 saturated carbocycles. The van der Waals surface area contributed by atoms with E-state index in [2.05, 4.69) is 65.3 Å². The fourth-order valence-corrected chi connectivity index (χ4v) is 5.49. The first-order chi connectivity index (χ1) is 17.6. The van der Waals surface area contributed by atoms with Crippen LogP contribution in [0.25, 0.3) is 0 Å². The van der Waals surface area contributed by atoms with E-state index in [0.29, 0.717) is 6.42 Å². The van der Waals surface area contributed by atoms with Crippen LogP contribution in [-0.2, 0) is 20.3 Å². The summed E-state index contributed by atoms with van der Waals surface area (Å²) in [5.41, 5.74) is 2.19. The Morgan fingerprint density at radius 2 is 1.97 bits per heavy atom. The first-order valence-electron chi connectivity index (χ1n) is 14.3. The van der Waals surface area contributed by atoms with Gasteiger partial charge < -0.3 is 18.6 Å². The third kappa shape index (κ3) is 10.2. The molecule has 1 saturated heterocycles. The van der Waals surface area contributed by atoms with E-state index in [4.69, 9.17) is 18.6 Å². The number of hydrogen-bond donors (Lipinski definition) is 0. The van der Waals surface area contributed by atoms with Crippen molar-refractivity contribution in [2.24, 2.45) is 0 Å². The van der Waals surface area contributed by atoms with Crippen molar-refractivity contribution < 1.29 is 18.6 Å². The lowest BCUT2D eigenvalue weighted by molar-refractivity contribution is -0.190. The summed E-state index contributed by atoms with van der Waals surface area (Å²) in [6.07, 6.45) is 12.2. The summed E-state index contributed by atoms with van der Waals surface area (Å²) in [7, 11) is -0.350. The zero-order valence-corrected chi connectivity index (χ0v) is 25.7. The molecule has 208 valence electrons. The topological polar surface area (TPSA) is 36.9 Å². The first kappa shape index (κ1) is 31.6. The summed E-state index contributed by atoms with van der Waals surface area (Å²) in [6.45, 7) is 18.4. The van der Waals surface area contributed by atoms with Crippen LogP contribution in [0.3, 0.4) is 0 Å². The maximum atomic E-state index is 6.91. The molecule has 0 spiro atoms. The molecule has 5 heteroatoms. The molecule has 0 amide bonds. The molecule has 37 heavy (non-hydrogen) atoms. The van der Waals surface area contributed by atoms with E-state index in [0.717, 1.165) is 55.6 Å². The van der Waals surface area contributed by atoms with Crippen LogP contribution in [0.15, 0.2) is 30.9 Å². The molecule has 1 aromatic carbocycles. The third-order valence-corrected chi connectivity index (χ3v) is 12.1. The molecule has 0 aromatic heterocycles. The summed E-state index contributed by atoms with van der Waals surface area (Å²) < 4.78 is 24.9. The standard InChI is InChI=1S/C32H52O4Si/c1-9-11-12-19-26(35-31-24-15-16-25-34-31)20-13-14-22-30(36-37(7,8)32(3,4)5)28-21-17-23-29(33-6)27(28)18-10-2/h10,17,21,23,26,30-31H,2,9,11-13,15-16,18-20,24-25H2,1,3-8H3/t26-,30+,31?/m0/s1. The summed E-state index contributed by atoms with van der Waals surface area (Å²) in [4.78, 5) is 0. The van der Waals surface area contributed by atoms with Crippen LogP contribution in [-0.4, -0.2) is 34.4 Å². The SMILES string of the molecule is C=CCc1c(OC)cccc1[C@@H](C#CCC[C@H](CCCCC)OC1CCCCO1)O[Si](C)(C)C(C)(C)C. The molecule has 1 aliphatic rings. The van der Waals surface area contributed by atoms with Gasteiger partial charge in [0.25, 0.3) is 0 Å². The summed E-state index contributed by atoms with van der Waals surface area (Å²) in [5, 5.41) is 0.0859. The van der Waals surface area contributed by atoms with Gasteiger partial charge in [-0.3, -0.25) is 0 Å². The smallest absolute Gasteiger partial charge is 0.194 e. The van der Waals surface area contributed by atoms with Gasteiger partial charge in [0.2, 0.25) is 0 Å². The van der Waals surface area contributed by atoms with Crippen molar-refractivity contribution >= 4 is 8.32 Å². The highest BCUT2D eigenvalue weighted by Gasteiger charge is 2.39. The molecule has 0 radical (unpaired) electrons. The minimum Gasteiger partial charge on any atom is -0.496 e. The van der Waals surface area contributed by atoms with Crippen LogP contribution in [0, 0.1) is 11.8 Å². The Bertz CT molecular complexity index is 871. The highest BCUT2D eigenvalue weighted by Crippen LogP contribution is 2.41. The molecule has 1 aliphatic heterocycles. The van der Waals surface area contributed by atoms with E-state index in [1.807, 2.05) is 18.2 Å². The zero-order valence-electron chi connectivity index (χ0n) is 24.7. The molecule has 0 bridgehead atoms. The summed E-state index contributed by atoms with van der Waals surface area (Å²) >= 11 is 0. The van der Waals surface area contributed by atoms with Crippen molar-refractivity contribution in [2.75, 3.05) is 13.7 Å². The van der Waals surface area contributed by atoms with Crippen LogP contribution in [0.5, 0.6) is 5.75 Å². The van der Waals surface area contributed by atoms with Crippen molar-refractivity contribution in [1.82, 2.24) is 0 Å². The number of rotatable bonds is 14. The van der Waals surface area contributed by atoms with E-state index in [1.54, 1.807) is 7.11 Å². The highest BCUT2D eigenvalue weighted by molar-refractivity contribution is 6.74. The molecule has 0 aliphatic carbocycles. The van der Waals surface area contributed by atoms with Gasteiger partial charge in [0.1, 0.15) is 11.9 Å². The highest BCUT2D eigenvalue weighted by atomic mass is 28.4. The molecule has 3 atom stereocenters. The first-order valence-corrected chi connectivity index (χ1v) is 17.2. The zero-order chi connectivity index (χ0) is 27.3. The lowest BCUT2D eigenvalue weighted by Crippen LogP contribution is -2.41. The Kier molecular flexibility index (Phi) is 13.5. The van der Waals surface area contributed by atoms with Crippen LogP contribution in [0.4, 0.5) is 0 Å². The molecule has 2 rings (SSSR count). The van der Waals surface area contributed by atoms with E-state index in [1.165, 1.54) is 25.7 Å². The molecule has 1 unspecified atom stereocenters. The van der Waals surface area contributed by atoms with E-state index >= 15 is 0 Å². The van der Waals surface area contributed by atoms with E-state index in [-0.39, 0.29) is 23.5 Å². The second-order valence-corrected chi connectivity index (χ2v) is 16.4. The number of unbranched alkanes of at least 4 members (excludes halogenated alkanes) is 2. The van der Waals surface area contributed by atoms with Crippen LogP contribution >= 0.6 is 0 Å². The maximum Gasteiger partial charge on any atom is 0.194 e. The van der Waals surface area contributed by atoms with Crippen LogP contribution in [0.2, 0.25) is 18.1 Å². The van der Waals surface area contributed by atoms with Gasteiger partial charge in [-0.25, -0.2) is 0 Å². The Labute approximate surface area is 228 Å². The van der Waals surface area contributed by atoms with Gasteiger partial charge in [-0.1, -0.05) is 71.1 Å². The average Bonchev–Trinajstić information content (AvgIpc) is 2.86. The van der Waals surface area contributed by atoms with Gasteiger partial charge in [-0.05, 0) is 68.3 Å². The molecule has 0 N–H and O–H groups in total. The van der Waals surface area contributed by atoms with Gasteiger partial charge in [0.15, 0.2) is 14.6 Å². The lowest BCUT2D eigenvalue weighted by atomic mass is 9.98. The number of hydrogen-bond acceptors (Lipinski definition) is 4. The Hall–Kier alpha value is -1.58. The van der Waals surface area contributed by atoms with Gasteiger partial charge in [-0.2, -0.15) is 0 Å². The maximum absolute atomic E-state index is 6.91. The van der Waals surface area contributed by atoms with Crippen LogP contribution < -0.4 is 4.74 Å². The van der Waals surface area contributed by atoms with Gasteiger partial charge in [0, 0.05) is 18.6 Å². The fraction of sp³-hybridized carbons (Fsp3) is 0.688. The molecular formula is C32H52O4Si. The summed E-state index contributed by atoms with van der Waals surface area (Å²) in [5.74, 6) is 7.87. The number of benzene rings is 1. The van der Waals surface area contributed by atoms with Gasteiger partial charge in [0.05, 0.1) is 13.2 Å². The molecular weight excluding hydrogens is 476 g/mol. The van der Waals surface area contributed by atoms with Crippen molar-refractivity contribution in [1.29, 1.82) is 0 Å². The Morgan fingerprint density at radius 3 is 2.59 bits per heavy atom. The number of ether oxygens (including phenoxy) is 3. The van der Waals surface area contributed by atoms with Crippen molar-refractivity contribution in [3.05, 3.63) is 42.0 Å². The largest absolute Gasteiger partial charge is 0.496 e. The molecule has 4 nitrogen and oxygen atoms in total. The second-order valence-electron chi connectivity index (χ2n) is 11.7. The lowest BCUT2D eigenvalue weighted by Gasteiger charge is -2.38. The van der Waals surface area contributed by atoms with Gasteiger partial charge in [-0.15, -0.1) is 12.5 Å². The normalized spacial score (nSPS) is 18.0. The second kappa shape index (κ2) is 15.7. The third-order valence-electron chi connectivity index (χ3n) is 7.68. The Balaban J connectivity index is 2.24. The van der Waals surface area contributed by atoms with E-state index < -0.39 is 8.32 Å². The van der Waals surface area contributed by atoms with Gasteiger partial charge >= 0.3 is 0 Å². The molecule has 1 heterocycles. The quantitative estimate of drug-likeness (QED) is 0.105. The average molecular weight is 529 g/mol. The fourth-order valence-electron chi connectivity index (χ4n) is 4.36. The predicted octanol–water partition coefficient (Wildman–Crippen LogP) is 8.76. The molecule has 1 aromatic rings. The van der Waals surface area contributed by atoms with Crippen molar-refractivity contribution in [2.45, 2.75) is 129 Å². The minimum absolute atomic E-state index is 0.0544. The van der Waals surface area contributed by atoms with E-state index in [9.17, 15) is 0 Å². The number of methoxy groups -OCH3 is 1. The predicted molar refractivity (Wildman–Crippen MR) is 158 cm³/mol. The Morgan fingerprint density at radius 1 is 1.19 bits per heavy atom. The summed E-state index contributed by atoms with van der Waals surface area (Å²) in [6, 6.07) is 6.17. The molecule has 1 fully saturated rings. The van der Waals surface area contributed by atoms with Crippen molar-refractivity contribution in [3.63, 3.8) is 0 Å². The minimum atomic E-state index is -2.07. The number of allylic oxidation sites excluding steroid dienone is 1. The van der Waals surface area contributed by atoms with Crippen molar-refractivity contribution in [3.8, 4) is 17.6 Å².